The highest BCUT2D eigenvalue weighted by molar-refractivity contribution is 8.18. The largest absolute Gasteiger partial charge is 0.490 e. The Hall–Kier alpha value is -2.51. The molecule has 1 saturated heterocycles. The lowest BCUT2D eigenvalue weighted by Gasteiger charge is -2.25. The van der Waals surface area contributed by atoms with Crippen LogP contribution in [0.25, 0.3) is 6.08 Å². The van der Waals surface area contributed by atoms with Crippen LogP contribution in [-0.2, 0) is 11.4 Å². The highest BCUT2D eigenvalue weighted by Crippen LogP contribution is 2.40. The highest BCUT2D eigenvalue weighted by atomic mass is 35.5. The third-order valence-electron chi connectivity index (χ3n) is 5.96. The van der Waals surface area contributed by atoms with Gasteiger partial charge in [-0.15, -0.1) is 0 Å². The Morgan fingerprint density at radius 2 is 1.85 bits per heavy atom. The molecule has 1 heterocycles. The van der Waals surface area contributed by atoms with E-state index in [9.17, 15) is 14.0 Å². The molecule has 2 aromatic rings. The summed E-state index contributed by atoms with van der Waals surface area (Å²) < 4.78 is 24.8. The van der Waals surface area contributed by atoms with Crippen LogP contribution >= 0.6 is 23.4 Å². The summed E-state index contributed by atoms with van der Waals surface area (Å²) >= 11 is 7.46. The first-order valence-corrected chi connectivity index (χ1v) is 12.7. The molecule has 0 atom stereocenters. The summed E-state index contributed by atoms with van der Waals surface area (Å²) in [7, 11) is 0. The van der Waals surface area contributed by atoms with Gasteiger partial charge in [0.15, 0.2) is 11.5 Å². The van der Waals surface area contributed by atoms with Crippen LogP contribution in [-0.4, -0.2) is 29.2 Å². The van der Waals surface area contributed by atoms with E-state index in [1.54, 1.807) is 30.3 Å². The number of halogens is 2. The second-order valence-corrected chi connectivity index (χ2v) is 9.87. The van der Waals surface area contributed by atoms with Crippen LogP contribution in [0, 0.1) is 11.7 Å². The molecule has 34 heavy (non-hydrogen) atoms. The monoisotopic (exact) mass is 503 g/mol. The number of nitrogens with zero attached hydrogens (tertiary/aromatic N) is 1. The molecule has 1 saturated carbocycles. The highest BCUT2D eigenvalue weighted by Gasteiger charge is 2.36. The second kappa shape index (κ2) is 11.3. The summed E-state index contributed by atoms with van der Waals surface area (Å²) in [5, 5.41) is 0.0953. The molecule has 5 nitrogen and oxygen atoms in total. The summed E-state index contributed by atoms with van der Waals surface area (Å²) in [6.45, 7) is 2.92. The first-order chi connectivity index (χ1) is 16.4. The molecule has 8 heteroatoms. The second-order valence-electron chi connectivity index (χ2n) is 8.47. The molecule has 0 bridgehead atoms. The summed E-state index contributed by atoms with van der Waals surface area (Å²) in [5.74, 6) is 0.619. The molecule has 0 radical (unpaired) electrons. The van der Waals surface area contributed by atoms with Gasteiger partial charge in [0.25, 0.3) is 11.1 Å². The Kier molecular flexibility index (Phi) is 8.16. The average molecular weight is 504 g/mol. The van der Waals surface area contributed by atoms with E-state index in [-0.39, 0.29) is 23.6 Å². The van der Waals surface area contributed by atoms with Crippen molar-refractivity contribution in [2.24, 2.45) is 5.92 Å². The molecule has 0 aromatic heterocycles. The van der Waals surface area contributed by atoms with E-state index in [0.29, 0.717) is 46.1 Å². The van der Waals surface area contributed by atoms with Crippen molar-refractivity contribution in [3.8, 4) is 11.5 Å². The molecule has 2 aromatic carbocycles. The Morgan fingerprint density at radius 3 is 2.56 bits per heavy atom. The summed E-state index contributed by atoms with van der Waals surface area (Å²) in [6, 6.07) is 9.44. The fraction of sp³-hybridized carbons (Fsp3) is 0.385. The van der Waals surface area contributed by atoms with E-state index >= 15 is 0 Å². The Morgan fingerprint density at radius 1 is 1.12 bits per heavy atom. The lowest BCUT2D eigenvalue weighted by Crippen LogP contribution is -2.34. The number of rotatable bonds is 8. The minimum absolute atomic E-state index is 0.194. The van der Waals surface area contributed by atoms with E-state index in [1.807, 2.05) is 6.92 Å². The van der Waals surface area contributed by atoms with Gasteiger partial charge in [0.1, 0.15) is 12.4 Å². The lowest BCUT2D eigenvalue weighted by molar-refractivity contribution is -0.123. The molecule has 2 amide bonds. The van der Waals surface area contributed by atoms with Gasteiger partial charge in [-0.2, -0.15) is 0 Å². The Balaban J connectivity index is 1.51. The van der Waals surface area contributed by atoms with Crippen LogP contribution < -0.4 is 9.47 Å². The first kappa shape index (κ1) is 24.6. The van der Waals surface area contributed by atoms with Crippen molar-refractivity contribution in [2.45, 2.75) is 45.6 Å². The van der Waals surface area contributed by atoms with Gasteiger partial charge in [0, 0.05) is 6.54 Å². The lowest BCUT2D eigenvalue weighted by atomic mass is 9.89. The quantitative estimate of drug-likeness (QED) is 0.360. The van der Waals surface area contributed by atoms with Gasteiger partial charge in [-0.05, 0) is 78.9 Å². The van der Waals surface area contributed by atoms with Crippen molar-refractivity contribution in [1.82, 2.24) is 4.90 Å². The number of hydrogen-bond donors (Lipinski definition) is 0. The van der Waals surface area contributed by atoms with E-state index in [4.69, 9.17) is 21.1 Å². The number of carbonyl (C=O) groups excluding carboxylic acids is 2. The third-order valence-corrected chi connectivity index (χ3v) is 7.15. The third kappa shape index (κ3) is 5.94. The van der Waals surface area contributed by atoms with Crippen molar-refractivity contribution in [3.63, 3.8) is 0 Å². The normalized spacial score (nSPS) is 18.1. The van der Waals surface area contributed by atoms with E-state index in [1.165, 1.54) is 23.5 Å². The van der Waals surface area contributed by atoms with Gasteiger partial charge in [-0.25, -0.2) is 4.39 Å². The van der Waals surface area contributed by atoms with Crippen molar-refractivity contribution in [1.29, 1.82) is 0 Å². The first-order valence-electron chi connectivity index (χ1n) is 11.5. The van der Waals surface area contributed by atoms with Crippen molar-refractivity contribution < 1.29 is 23.5 Å². The molecule has 1 aliphatic heterocycles. The Labute approximate surface area is 208 Å². The fourth-order valence-electron chi connectivity index (χ4n) is 4.25. The molecular weight excluding hydrogens is 477 g/mol. The predicted molar refractivity (Wildman–Crippen MR) is 133 cm³/mol. The maximum Gasteiger partial charge on any atom is 0.293 e. The molecule has 2 aliphatic rings. The SMILES string of the molecule is CCOc1cc(/C=C2/SC(=O)N(CC3CCCCC3)C2=O)cc(Cl)c1OCc1ccc(F)cc1. The van der Waals surface area contributed by atoms with Crippen LogP contribution in [0.5, 0.6) is 11.5 Å². The van der Waals surface area contributed by atoms with Crippen LogP contribution in [0.15, 0.2) is 41.3 Å². The van der Waals surface area contributed by atoms with Crippen molar-refractivity contribution in [3.05, 3.63) is 63.3 Å². The number of amides is 2. The molecule has 180 valence electrons. The van der Waals surface area contributed by atoms with Gasteiger partial charge >= 0.3 is 0 Å². The van der Waals surface area contributed by atoms with E-state index < -0.39 is 0 Å². The topological polar surface area (TPSA) is 55.8 Å². The molecule has 2 fully saturated rings. The number of ether oxygens (including phenoxy) is 2. The molecule has 4 rings (SSSR count). The maximum atomic E-state index is 13.1. The van der Waals surface area contributed by atoms with Gasteiger partial charge in [0.05, 0.1) is 16.5 Å². The van der Waals surface area contributed by atoms with E-state index in [0.717, 1.165) is 43.0 Å². The standard InChI is InChI=1S/C26H27ClFNO4S/c1-2-32-22-13-19(12-21(27)24(22)33-16-18-8-10-20(28)11-9-18)14-23-25(30)29(26(31)34-23)15-17-6-4-3-5-7-17/h8-14,17H,2-7,15-16H2,1H3/b23-14+. The zero-order chi connectivity index (χ0) is 24.1. The van der Waals surface area contributed by atoms with Crippen LogP contribution in [0.2, 0.25) is 5.02 Å². The maximum absolute atomic E-state index is 13.1. The molecule has 0 N–H and O–H groups in total. The summed E-state index contributed by atoms with van der Waals surface area (Å²) in [4.78, 5) is 27.2. The Bertz CT molecular complexity index is 1080. The summed E-state index contributed by atoms with van der Waals surface area (Å²) in [6.07, 6.45) is 7.34. The van der Waals surface area contributed by atoms with Gasteiger partial charge in [-0.3, -0.25) is 14.5 Å². The van der Waals surface area contributed by atoms with Crippen LogP contribution in [0.1, 0.15) is 50.2 Å². The number of carbonyl (C=O) groups is 2. The van der Waals surface area contributed by atoms with E-state index in [2.05, 4.69) is 0 Å². The van der Waals surface area contributed by atoms with Crippen LogP contribution in [0.4, 0.5) is 9.18 Å². The fourth-order valence-corrected chi connectivity index (χ4v) is 5.37. The van der Waals surface area contributed by atoms with Crippen molar-refractivity contribution in [2.75, 3.05) is 13.2 Å². The van der Waals surface area contributed by atoms with Crippen molar-refractivity contribution >= 4 is 40.6 Å². The van der Waals surface area contributed by atoms with Gasteiger partial charge < -0.3 is 9.47 Å². The van der Waals surface area contributed by atoms with Gasteiger partial charge in [0.2, 0.25) is 0 Å². The molecule has 0 spiro atoms. The number of thioether (sulfide) groups is 1. The number of imide groups is 1. The number of benzene rings is 2. The average Bonchev–Trinajstić information content (AvgIpc) is 3.08. The minimum atomic E-state index is -0.315. The molecule has 0 unspecified atom stereocenters. The molecular formula is C26H27ClFNO4S. The van der Waals surface area contributed by atoms with Gasteiger partial charge in [-0.1, -0.05) is 43.0 Å². The number of hydrogen-bond acceptors (Lipinski definition) is 5. The smallest absolute Gasteiger partial charge is 0.293 e. The predicted octanol–water partition coefficient (Wildman–Crippen LogP) is 7.07. The zero-order valence-electron chi connectivity index (χ0n) is 19.0. The van der Waals surface area contributed by atoms with Crippen LogP contribution in [0.3, 0.4) is 0 Å². The molecule has 1 aliphatic carbocycles. The minimum Gasteiger partial charge on any atom is -0.490 e. The summed E-state index contributed by atoms with van der Waals surface area (Å²) in [5.41, 5.74) is 1.43. The zero-order valence-corrected chi connectivity index (χ0v) is 20.6.